The number of halogens is 2. The number of likely N-dealkylation sites (tertiary alicyclic amines) is 2. The van der Waals surface area contributed by atoms with E-state index in [0.717, 1.165) is 44.6 Å². The quantitative estimate of drug-likeness (QED) is 0.611. The van der Waals surface area contributed by atoms with Crippen molar-refractivity contribution >= 4 is 35.0 Å². The molecule has 7 nitrogen and oxygen atoms in total. The highest BCUT2D eigenvalue weighted by Gasteiger charge is 2.48. The standard InChI is InChI=1S/C25H34Cl2N4O3/c26-19-6-5-18(13-20(19)27)14-23(32)31-12-11-30(15-24(33)29-9-3-4-10-29)22-17-34-16-21(25(22)31)28-7-1-2-8-28/h5-6,13,21-22,25H,1-4,7-12,14-17H2/t21?,22-,25-/m1/s1. The molecule has 4 fully saturated rings. The summed E-state index contributed by atoms with van der Waals surface area (Å²) in [5.74, 6) is 0.306. The molecule has 0 bridgehead atoms. The molecule has 4 saturated heterocycles. The molecule has 0 aliphatic carbocycles. The molecular formula is C25H34Cl2N4O3. The number of carbonyl (C=O) groups excluding carboxylic acids is 2. The van der Waals surface area contributed by atoms with Crippen molar-refractivity contribution in [3.8, 4) is 0 Å². The number of rotatable bonds is 5. The Morgan fingerprint density at radius 1 is 0.853 bits per heavy atom. The average molecular weight is 509 g/mol. The van der Waals surface area contributed by atoms with E-state index in [1.54, 1.807) is 12.1 Å². The second-order valence-electron chi connectivity index (χ2n) is 9.98. The fraction of sp³-hybridized carbons (Fsp3) is 0.680. The van der Waals surface area contributed by atoms with Crippen LogP contribution in [-0.4, -0.2) is 109 Å². The minimum atomic E-state index is 0.0160. The van der Waals surface area contributed by atoms with Gasteiger partial charge in [0.05, 0.1) is 54.4 Å². The summed E-state index contributed by atoms with van der Waals surface area (Å²) in [5.41, 5.74) is 0.868. The summed E-state index contributed by atoms with van der Waals surface area (Å²) in [6, 6.07) is 5.60. The number of piperazine rings is 1. The first kappa shape index (κ1) is 24.3. The van der Waals surface area contributed by atoms with Gasteiger partial charge in [0, 0.05) is 26.2 Å². The predicted octanol–water partition coefficient (Wildman–Crippen LogP) is 2.53. The summed E-state index contributed by atoms with van der Waals surface area (Å²) < 4.78 is 6.10. The van der Waals surface area contributed by atoms with Gasteiger partial charge in [0.15, 0.2) is 0 Å². The highest BCUT2D eigenvalue weighted by molar-refractivity contribution is 6.42. The smallest absolute Gasteiger partial charge is 0.236 e. The lowest BCUT2D eigenvalue weighted by molar-refractivity contribution is -0.155. The molecule has 9 heteroatoms. The number of hydrogen-bond acceptors (Lipinski definition) is 5. The molecule has 34 heavy (non-hydrogen) atoms. The molecule has 1 aromatic carbocycles. The van der Waals surface area contributed by atoms with Gasteiger partial charge in [0.2, 0.25) is 11.8 Å². The van der Waals surface area contributed by atoms with Crippen molar-refractivity contribution in [2.45, 2.75) is 50.2 Å². The molecule has 0 aromatic heterocycles. The Hall–Kier alpha value is -1.38. The van der Waals surface area contributed by atoms with Crippen molar-refractivity contribution in [2.75, 3.05) is 59.0 Å². The highest BCUT2D eigenvalue weighted by Crippen LogP contribution is 2.31. The van der Waals surface area contributed by atoms with Crippen LogP contribution in [0.25, 0.3) is 0 Å². The third kappa shape index (κ3) is 5.09. The Kier molecular flexibility index (Phi) is 7.66. The van der Waals surface area contributed by atoms with Gasteiger partial charge in [-0.25, -0.2) is 0 Å². The van der Waals surface area contributed by atoms with E-state index in [1.165, 1.54) is 12.8 Å². The van der Waals surface area contributed by atoms with E-state index >= 15 is 0 Å². The first-order chi connectivity index (χ1) is 16.5. The first-order valence-electron chi connectivity index (χ1n) is 12.6. The Morgan fingerprint density at radius 3 is 2.29 bits per heavy atom. The van der Waals surface area contributed by atoms with Crippen LogP contribution < -0.4 is 0 Å². The van der Waals surface area contributed by atoms with Crippen molar-refractivity contribution in [1.82, 2.24) is 19.6 Å². The Balaban J connectivity index is 1.36. The van der Waals surface area contributed by atoms with Crippen molar-refractivity contribution in [3.05, 3.63) is 33.8 Å². The fourth-order valence-electron chi connectivity index (χ4n) is 6.10. The lowest BCUT2D eigenvalue weighted by atomic mass is 9.91. The van der Waals surface area contributed by atoms with E-state index in [0.29, 0.717) is 49.3 Å². The largest absolute Gasteiger partial charge is 0.378 e. The van der Waals surface area contributed by atoms with Gasteiger partial charge in [-0.2, -0.15) is 0 Å². The van der Waals surface area contributed by atoms with Crippen LogP contribution in [0.2, 0.25) is 10.0 Å². The topological polar surface area (TPSA) is 56.3 Å². The molecular weight excluding hydrogens is 475 g/mol. The van der Waals surface area contributed by atoms with E-state index in [-0.39, 0.29) is 29.9 Å². The number of ether oxygens (including phenoxy) is 1. The summed E-state index contributed by atoms with van der Waals surface area (Å²) in [6.07, 6.45) is 4.84. The Labute approximate surface area is 211 Å². The summed E-state index contributed by atoms with van der Waals surface area (Å²) in [5, 5.41) is 0.962. The van der Waals surface area contributed by atoms with E-state index in [1.807, 2.05) is 11.0 Å². The third-order valence-electron chi connectivity index (χ3n) is 7.89. The molecule has 0 radical (unpaired) electrons. The van der Waals surface area contributed by atoms with E-state index < -0.39 is 0 Å². The summed E-state index contributed by atoms with van der Waals surface area (Å²) in [6.45, 7) is 6.71. The number of fused-ring (bicyclic) bond motifs is 1. The fourth-order valence-corrected chi connectivity index (χ4v) is 6.42. The third-order valence-corrected chi connectivity index (χ3v) is 8.63. The Bertz CT molecular complexity index is 904. The number of carbonyl (C=O) groups is 2. The van der Waals surface area contributed by atoms with Crippen molar-refractivity contribution < 1.29 is 14.3 Å². The van der Waals surface area contributed by atoms with Gasteiger partial charge in [-0.15, -0.1) is 0 Å². The monoisotopic (exact) mass is 508 g/mol. The normalized spacial score (nSPS) is 28.4. The zero-order valence-electron chi connectivity index (χ0n) is 19.6. The molecule has 0 saturated carbocycles. The number of amides is 2. The van der Waals surface area contributed by atoms with Crippen LogP contribution in [0.3, 0.4) is 0 Å². The zero-order chi connectivity index (χ0) is 23.7. The van der Waals surface area contributed by atoms with Crippen molar-refractivity contribution in [3.63, 3.8) is 0 Å². The minimum absolute atomic E-state index is 0.0160. The lowest BCUT2D eigenvalue weighted by Gasteiger charge is -2.54. The zero-order valence-corrected chi connectivity index (χ0v) is 21.1. The molecule has 0 spiro atoms. The van der Waals surface area contributed by atoms with Crippen LogP contribution in [0.1, 0.15) is 31.2 Å². The lowest BCUT2D eigenvalue weighted by Crippen LogP contribution is -2.72. The maximum absolute atomic E-state index is 13.6. The van der Waals surface area contributed by atoms with Gasteiger partial charge < -0.3 is 14.5 Å². The van der Waals surface area contributed by atoms with E-state index in [9.17, 15) is 9.59 Å². The molecule has 0 N–H and O–H groups in total. The first-order valence-corrected chi connectivity index (χ1v) is 13.3. The van der Waals surface area contributed by atoms with Gasteiger partial charge in [0.1, 0.15) is 0 Å². The molecule has 1 aromatic rings. The Morgan fingerprint density at radius 2 is 1.56 bits per heavy atom. The predicted molar refractivity (Wildman–Crippen MR) is 132 cm³/mol. The average Bonchev–Trinajstić information content (AvgIpc) is 3.56. The molecule has 5 rings (SSSR count). The maximum Gasteiger partial charge on any atom is 0.236 e. The van der Waals surface area contributed by atoms with E-state index in [4.69, 9.17) is 27.9 Å². The van der Waals surface area contributed by atoms with Gasteiger partial charge >= 0.3 is 0 Å². The van der Waals surface area contributed by atoms with Gasteiger partial charge in [-0.1, -0.05) is 29.3 Å². The number of nitrogens with zero attached hydrogens (tertiary/aromatic N) is 4. The van der Waals surface area contributed by atoms with Gasteiger partial charge in [-0.05, 0) is 56.5 Å². The maximum atomic E-state index is 13.6. The highest BCUT2D eigenvalue weighted by atomic mass is 35.5. The van der Waals surface area contributed by atoms with Crippen LogP contribution in [-0.2, 0) is 20.7 Å². The molecule has 3 atom stereocenters. The SMILES string of the molecule is O=C(CN1CCN(C(=O)Cc2ccc(Cl)c(Cl)c2)[C@@H]2C(N3CCCC3)COC[C@H]21)N1CCCC1. The molecule has 186 valence electrons. The molecule has 1 unspecified atom stereocenters. The molecule has 4 aliphatic rings. The van der Waals surface area contributed by atoms with E-state index in [2.05, 4.69) is 14.7 Å². The van der Waals surface area contributed by atoms with Crippen molar-refractivity contribution in [2.24, 2.45) is 0 Å². The summed E-state index contributed by atoms with van der Waals surface area (Å²) >= 11 is 12.3. The van der Waals surface area contributed by atoms with Crippen molar-refractivity contribution in [1.29, 1.82) is 0 Å². The summed E-state index contributed by atoms with van der Waals surface area (Å²) in [7, 11) is 0. The van der Waals surface area contributed by atoms with Crippen LogP contribution >= 0.6 is 23.2 Å². The minimum Gasteiger partial charge on any atom is -0.378 e. The van der Waals surface area contributed by atoms with Crippen LogP contribution in [0.5, 0.6) is 0 Å². The van der Waals surface area contributed by atoms with Gasteiger partial charge in [0.25, 0.3) is 0 Å². The number of hydrogen-bond donors (Lipinski definition) is 0. The van der Waals surface area contributed by atoms with Crippen LogP contribution in [0, 0.1) is 0 Å². The second kappa shape index (κ2) is 10.7. The molecule has 2 amide bonds. The molecule has 4 heterocycles. The second-order valence-corrected chi connectivity index (χ2v) is 10.8. The molecule has 4 aliphatic heterocycles. The van der Waals surface area contributed by atoms with Crippen LogP contribution in [0.4, 0.5) is 0 Å². The number of benzene rings is 1. The van der Waals surface area contributed by atoms with Gasteiger partial charge in [-0.3, -0.25) is 19.4 Å². The van der Waals surface area contributed by atoms with Crippen LogP contribution in [0.15, 0.2) is 18.2 Å². The summed E-state index contributed by atoms with van der Waals surface area (Å²) in [4.78, 5) is 35.4.